The average molecular weight is 398 g/mol. The van der Waals surface area contributed by atoms with Crippen molar-refractivity contribution < 1.29 is 14.0 Å². The summed E-state index contributed by atoms with van der Waals surface area (Å²) < 4.78 is 5.72. The minimum atomic E-state index is -0.0938. The molecule has 0 amide bonds. The van der Waals surface area contributed by atoms with Gasteiger partial charge in [0.25, 0.3) is 5.22 Å². The number of ketones is 2. The van der Waals surface area contributed by atoms with Crippen molar-refractivity contribution in [2.75, 3.05) is 5.75 Å². The van der Waals surface area contributed by atoms with Crippen LogP contribution in [-0.4, -0.2) is 32.5 Å². The molecule has 0 saturated heterocycles. The van der Waals surface area contributed by atoms with E-state index in [0.717, 1.165) is 22.4 Å². The summed E-state index contributed by atoms with van der Waals surface area (Å²) in [5, 5.41) is 8.49. The van der Waals surface area contributed by atoms with Gasteiger partial charge in [-0.25, -0.2) is 0 Å². The van der Waals surface area contributed by atoms with E-state index in [0.29, 0.717) is 28.8 Å². The van der Waals surface area contributed by atoms with Crippen LogP contribution in [0.15, 0.2) is 27.8 Å². The number of rotatable bonds is 7. The zero-order chi connectivity index (χ0) is 20.4. The fourth-order valence-electron chi connectivity index (χ4n) is 3.37. The first-order chi connectivity index (χ1) is 13.3. The van der Waals surface area contributed by atoms with Crippen molar-refractivity contribution in [3.63, 3.8) is 0 Å². The second-order valence-electron chi connectivity index (χ2n) is 6.79. The van der Waals surface area contributed by atoms with Gasteiger partial charge in [0.15, 0.2) is 11.6 Å². The molecule has 0 unspecified atom stereocenters. The molecule has 0 bridgehead atoms. The maximum absolute atomic E-state index is 12.7. The smallest absolute Gasteiger partial charge is 0.277 e. The summed E-state index contributed by atoms with van der Waals surface area (Å²) in [7, 11) is 0. The van der Waals surface area contributed by atoms with Crippen LogP contribution in [0.4, 0.5) is 0 Å². The summed E-state index contributed by atoms with van der Waals surface area (Å²) in [5.74, 6) is 0.464. The molecule has 3 aromatic rings. The monoisotopic (exact) mass is 397 g/mol. The number of hydrogen-bond donors (Lipinski definition) is 1. The lowest BCUT2D eigenvalue weighted by atomic mass is 10.0. The van der Waals surface area contributed by atoms with Crippen molar-refractivity contribution in [1.29, 1.82) is 0 Å². The Morgan fingerprint density at radius 2 is 1.93 bits per heavy atom. The second-order valence-corrected chi connectivity index (χ2v) is 7.72. The lowest BCUT2D eigenvalue weighted by Gasteiger charge is -2.02. The molecule has 0 saturated carbocycles. The van der Waals surface area contributed by atoms with Gasteiger partial charge in [0.1, 0.15) is 0 Å². The molecule has 28 heavy (non-hydrogen) atoms. The zero-order valence-corrected chi connectivity index (χ0v) is 17.5. The van der Waals surface area contributed by atoms with Crippen LogP contribution in [0.2, 0.25) is 0 Å². The molecule has 0 aliphatic heterocycles. The Morgan fingerprint density at radius 1 is 1.18 bits per heavy atom. The summed E-state index contributed by atoms with van der Waals surface area (Å²) >= 11 is 1.20. The highest BCUT2D eigenvalue weighted by molar-refractivity contribution is 7.99. The predicted octanol–water partition coefficient (Wildman–Crippen LogP) is 4.73. The molecule has 0 fully saturated rings. The first-order valence-corrected chi connectivity index (χ1v) is 10.1. The maximum atomic E-state index is 12.7. The molecule has 0 radical (unpaired) electrons. The van der Waals surface area contributed by atoms with E-state index in [2.05, 4.69) is 21.2 Å². The summed E-state index contributed by atoms with van der Waals surface area (Å²) in [6.45, 7) is 9.30. The van der Waals surface area contributed by atoms with Crippen molar-refractivity contribution >= 4 is 23.3 Å². The van der Waals surface area contributed by atoms with Gasteiger partial charge in [0.2, 0.25) is 5.89 Å². The highest BCUT2D eigenvalue weighted by Gasteiger charge is 2.22. The molecule has 6 nitrogen and oxygen atoms in total. The number of benzene rings is 1. The van der Waals surface area contributed by atoms with Gasteiger partial charge in [-0.3, -0.25) is 9.59 Å². The number of H-pyrrole nitrogens is 1. The minimum Gasteiger partial charge on any atom is -0.411 e. The van der Waals surface area contributed by atoms with Gasteiger partial charge in [-0.15, -0.1) is 10.2 Å². The Labute approximate surface area is 168 Å². The fourth-order valence-corrected chi connectivity index (χ4v) is 4.01. The van der Waals surface area contributed by atoms with Gasteiger partial charge in [-0.1, -0.05) is 36.4 Å². The van der Waals surface area contributed by atoms with Crippen molar-refractivity contribution in [2.24, 2.45) is 0 Å². The number of thioether (sulfide) groups is 1. The number of carbonyl (C=O) groups excluding carboxylic acids is 2. The fraction of sp³-hybridized carbons (Fsp3) is 0.333. The number of nitrogens with one attached hydrogen (secondary N) is 1. The van der Waals surface area contributed by atoms with E-state index in [-0.39, 0.29) is 17.3 Å². The maximum Gasteiger partial charge on any atom is 0.277 e. The number of nitrogens with zero attached hydrogens (tertiary/aromatic N) is 2. The summed E-state index contributed by atoms with van der Waals surface area (Å²) in [4.78, 5) is 27.7. The Morgan fingerprint density at radius 3 is 2.57 bits per heavy atom. The molecular weight excluding hydrogens is 374 g/mol. The van der Waals surface area contributed by atoms with E-state index >= 15 is 0 Å². The van der Waals surface area contributed by atoms with Gasteiger partial charge in [-0.05, 0) is 51.3 Å². The molecule has 0 spiro atoms. The van der Waals surface area contributed by atoms with E-state index in [1.54, 1.807) is 0 Å². The Kier molecular flexibility index (Phi) is 5.84. The number of hydrogen-bond acceptors (Lipinski definition) is 6. The number of aryl methyl sites for hydroxylation is 3. The van der Waals surface area contributed by atoms with Gasteiger partial charge in [-0.2, -0.15) is 0 Å². The van der Waals surface area contributed by atoms with Gasteiger partial charge in [0, 0.05) is 16.8 Å². The van der Waals surface area contributed by atoms with Gasteiger partial charge in [0.05, 0.1) is 11.4 Å². The second kappa shape index (κ2) is 8.14. The zero-order valence-electron chi connectivity index (χ0n) is 16.7. The van der Waals surface area contributed by atoms with Crippen LogP contribution in [0, 0.1) is 20.8 Å². The molecule has 0 aliphatic carbocycles. The third kappa shape index (κ3) is 3.94. The van der Waals surface area contributed by atoms with E-state index in [1.165, 1.54) is 24.2 Å². The van der Waals surface area contributed by atoms with Crippen LogP contribution < -0.4 is 0 Å². The normalized spacial score (nSPS) is 11.0. The lowest BCUT2D eigenvalue weighted by Crippen LogP contribution is -2.07. The number of Topliss-reactive ketones (excluding diaryl/α,β-unsaturated/α-hetero) is 2. The molecule has 0 aliphatic rings. The highest BCUT2D eigenvalue weighted by atomic mass is 32.2. The topological polar surface area (TPSA) is 88.8 Å². The predicted molar refractivity (Wildman–Crippen MR) is 109 cm³/mol. The van der Waals surface area contributed by atoms with Gasteiger partial charge < -0.3 is 9.40 Å². The van der Waals surface area contributed by atoms with E-state index in [4.69, 9.17) is 4.42 Å². The Bertz CT molecular complexity index is 1050. The van der Waals surface area contributed by atoms with E-state index in [9.17, 15) is 9.59 Å². The first kappa shape index (κ1) is 20.1. The molecule has 1 aromatic carbocycles. The van der Waals surface area contributed by atoms with E-state index in [1.807, 2.05) is 39.8 Å². The van der Waals surface area contributed by atoms with Crippen LogP contribution in [0.25, 0.3) is 11.5 Å². The Balaban J connectivity index is 1.75. The van der Waals surface area contributed by atoms with Crippen LogP contribution in [-0.2, 0) is 6.42 Å². The molecule has 7 heteroatoms. The molecule has 3 rings (SSSR count). The SMILES string of the molecule is CCc1c(C(=O)CSc2nnc(-c3ccc(C)cc3C)o2)[nH]c(C)c1C(C)=O. The molecule has 2 heterocycles. The van der Waals surface area contributed by atoms with E-state index < -0.39 is 0 Å². The standard InChI is InChI=1S/C21H23N3O3S/c1-6-15-18(14(5)25)13(4)22-19(15)17(26)10-28-21-24-23-20(27-21)16-8-7-11(2)9-12(16)3/h7-9,22H,6,10H2,1-5H3. The summed E-state index contributed by atoms with van der Waals surface area (Å²) in [6.07, 6.45) is 0.613. The van der Waals surface area contributed by atoms with Crippen molar-refractivity contribution in [1.82, 2.24) is 15.2 Å². The van der Waals surface area contributed by atoms with Crippen LogP contribution in [0.1, 0.15) is 57.1 Å². The minimum absolute atomic E-state index is 0.0349. The third-order valence-corrected chi connectivity index (χ3v) is 5.44. The van der Waals surface area contributed by atoms with Crippen LogP contribution in [0.3, 0.4) is 0 Å². The number of aromatic amines is 1. The number of aromatic nitrogens is 3. The summed E-state index contributed by atoms with van der Waals surface area (Å²) in [5.41, 5.74) is 5.72. The van der Waals surface area contributed by atoms with Crippen LogP contribution in [0.5, 0.6) is 0 Å². The Hall–Kier alpha value is -2.67. The van der Waals surface area contributed by atoms with Crippen LogP contribution >= 0.6 is 11.8 Å². The first-order valence-electron chi connectivity index (χ1n) is 9.11. The summed E-state index contributed by atoms with van der Waals surface area (Å²) in [6, 6.07) is 6.01. The molecule has 2 aromatic heterocycles. The van der Waals surface area contributed by atoms with Crippen molar-refractivity contribution in [2.45, 2.75) is 46.3 Å². The quantitative estimate of drug-likeness (QED) is 0.458. The lowest BCUT2D eigenvalue weighted by molar-refractivity contribution is 0.101. The number of carbonyl (C=O) groups is 2. The molecule has 0 atom stereocenters. The van der Waals surface area contributed by atoms with Crippen molar-refractivity contribution in [3.8, 4) is 11.5 Å². The third-order valence-electron chi connectivity index (χ3n) is 4.62. The highest BCUT2D eigenvalue weighted by Crippen LogP contribution is 2.27. The van der Waals surface area contributed by atoms with Crippen molar-refractivity contribution in [3.05, 3.63) is 51.8 Å². The van der Waals surface area contributed by atoms with Gasteiger partial charge >= 0.3 is 0 Å². The average Bonchev–Trinajstić information content (AvgIpc) is 3.23. The molecule has 146 valence electrons. The largest absolute Gasteiger partial charge is 0.411 e. The molecular formula is C21H23N3O3S. The molecule has 1 N–H and O–H groups in total.